The largest absolute Gasteiger partial charge is 0.455 e. The van der Waals surface area contributed by atoms with Gasteiger partial charge in [0.05, 0.1) is 11.0 Å². The number of aromatic nitrogens is 2. The zero-order valence-electron chi connectivity index (χ0n) is 18.7. The summed E-state index contributed by atoms with van der Waals surface area (Å²) in [7, 11) is 0. The lowest BCUT2D eigenvalue weighted by Crippen LogP contribution is -1.97. The summed E-state index contributed by atoms with van der Waals surface area (Å²) in [4.78, 5) is 5.04. The van der Waals surface area contributed by atoms with E-state index in [1.54, 1.807) is 0 Å². The van der Waals surface area contributed by atoms with Crippen molar-refractivity contribution in [3.8, 4) is 28.2 Å². The Labute approximate surface area is 210 Å². The third-order valence-corrected chi connectivity index (χ3v) is 6.96. The summed E-state index contributed by atoms with van der Waals surface area (Å²) in [5.74, 6) is 0.917. The molecule has 0 aliphatic rings. The summed E-state index contributed by atoms with van der Waals surface area (Å²) < 4.78 is 9.61. The van der Waals surface area contributed by atoms with Crippen molar-refractivity contribution >= 4 is 48.9 Å². The predicted molar refractivity (Wildman–Crippen MR) is 147 cm³/mol. The van der Waals surface area contributed by atoms with E-state index in [1.807, 2.05) is 24.3 Å². The highest BCUT2D eigenvalue weighted by Gasteiger charge is 2.16. The van der Waals surface area contributed by atoms with Gasteiger partial charge in [-0.3, -0.25) is 4.57 Å². The van der Waals surface area contributed by atoms with Gasteiger partial charge in [-0.15, -0.1) is 0 Å². The SMILES string of the molecule is Brc1ccc2oc3c(-c4cccc(-c5nc6ccccc6n5-c5ccccc5)c4)cccc3c2c1. The number of imidazole rings is 1. The van der Waals surface area contributed by atoms with Gasteiger partial charge in [0, 0.05) is 32.1 Å². The van der Waals surface area contributed by atoms with Crippen LogP contribution in [0.2, 0.25) is 0 Å². The van der Waals surface area contributed by atoms with Gasteiger partial charge in [0.15, 0.2) is 0 Å². The lowest BCUT2D eigenvalue weighted by Gasteiger charge is -2.11. The first kappa shape index (κ1) is 20.2. The standard InChI is InChI=1S/C31H19BrN2O/c32-22-16-17-29-26(19-22)25-13-7-12-24(30(25)35-29)20-8-6-9-21(18-20)31-33-27-14-4-5-15-28(27)34(31)23-10-2-1-3-11-23/h1-19H. The van der Waals surface area contributed by atoms with E-state index in [4.69, 9.17) is 9.40 Å². The fourth-order valence-corrected chi connectivity index (χ4v) is 5.24. The molecular weight excluding hydrogens is 496 g/mol. The van der Waals surface area contributed by atoms with Crippen molar-refractivity contribution < 1.29 is 4.42 Å². The number of hydrogen-bond donors (Lipinski definition) is 0. The average Bonchev–Trinajstić information content (AvgIpc) is 3.48. The van der Waals surface area contributed by atoms with Gasteiger partial charge in [-0.25, -0.2) is 4.98 Å². The molecule has 0 saturated heterocycles. The van der Waals surface area contributed by atoms with Gasteiger partial charge in [0.25, 0.3) is 0 Å². The molecule has 0 radical (unpaired) electrons. The maximum Gasteiger partial charge on any atom is 0.145 e. The highest BCUT2D eigenvalue weighted by Crippen LogP contribution is 2.38. The molecule has 166 valence electrons. The molecule has 0 amide bonds. The van der Waals surface area contributed by atoms with Gasteiger partial charge in [-0.1, -0.05) is 82.7 Å². The van der Waals surface area contributed by atoms with Crippen molar-refractivity contribution in [3.63, 3.8) is 0 Å². The Morgan fingerprint density at radius 1 is 0.657 bits per heavy atom. The molecular formula is C31H19BrN2O. The van der Waals surface area contributed by atoms with Crippen LogP contribution < -0.4 is 0 Å². The third-order valence-electron chi connectivity index (χ3n) is 6.47. The van der Waals surface area contributed by atoms with Gasteiger partial charge in [-0.2, -0.15) is 0 Å². The number of rotatable bonds is 3. The van der Waals surface area contributed by atoms with E-state index < -0.39 is 0 Å². The first-order valence-electron chi connectivity index (χ1n) is 11.5. The summed E-state index contributed by atoms with van der Waals surface area (Å²) in [5, 5.41) is 2.22. The molecule has 0 aliphatic heterocycles. The maximum absolute atomic E-state index is 6.34. The Balaban J connectivity index is 1.45. The van der Waals surface area contributed by atoms with Gasteiger partial charge in [0.2, 0.25) is 0 Å². The molecule has 2 heterocycles. The summed E-state index contributed by atoms with van der Waals surface area (Å²) in [6, 6.07) is 39.7. The minimum atomic E-state index is 0.887. The lowest BCUT2D eigenvalue weighted by molar-refractivity contribution is 0.670. The van der Waals surface area contributed by atoms with Crippen LogP contribution in [0.3, 0.4) is 0 Å². The van der Waals surface area contributed by atoms with Crippen LogP contribution in [0.4, 0.5) is 0 Å². The fraction of sp³-hybridized carbons (Fsp3) is 0. The van der Waals surface area contributed by atoms with E-state index in [-0.39, 0.29) is 0 Å². The smallest absolute Gasteiger partial charge is 0.145 e. The fourth-order valence-electron chi connectivity index (χ4n) is 4.88. The van der Waals surface area contributed by atoms with Gasteiger partial charge in [0.1, 0.15) is 17.0 Å². The van der Waals surface area contributed by atoms with E-state index in [0.717, 1.165) is 65.6 Å². The van der Waals surface area contributed by atoms with Crippen molar-refractivity contribution in [2.24, 2.45) is 0 Å². The quantitative estimate of drug-likeness (QED) is 0.235. The van der Waals surface area contributed by atoms with Crippen molar-refractivity contribution in [3.05, 3.63) is 120 Å². The van der Waals surface area contributed by atoms with Crippen molar-refractivity contribution in [2.45, 2.75) is 0 Å². The minimum absolute atomic E-state index is 0.887. The number of fused-ring (bicyclic) bond motifs is 4. The van der Waals surface area contributed by atoms with E-state index >= 15 is 0 Å². The normalized spacial score (nSPS) is 11.6. The van der Waals surface area contributed by atoms with Crippen molar-refractivity contribution in [1.29, 1.82) is 0 Å². The summed E-state index contributed by atoms with van der Waals surface area (Å²) >= 11 is 3.59. The first-order valence-corrected chi connectivity index (χ1v) is 12.3. The number of hydrogen-bond acceptors (Lipinski definition) is 2. The topological polar surface area (TPSA) is 31.0 Å². The second-order valence-electron chi connectivity index (χ2n) is 8.60. The third kappa shape index (κ3) is 3.29. The summed E-state index contributed by atoms with van der Waals surface area (Å²) in [6.45, 7) is 0. The molecule has 0 spiro atoms. The van der Waals surface area contributed by atoms with E-state index in [9.17, 15) is 0 Å². The zero-order chi connectivity index (χ0) is 23.4. The minimum Gasteiger partial charge on any atom is -0.455 e. The number of benzene rings is 5. The Morgan fingerprint density at radius 2 is 1.46 bits per heavy atom. The van der Waals surface area contributed by atoms with E-state index in [1.165, 1.54) is 0 Å². The van der Waals surface area contributed by atoms with Gasteiger partial charge >= 0.3 is 0 Å². The average molecular weight is 515 g/mol. The van der Waals surface area contributed by atoms with Crippen LogP contribution in [0.5, 0.6) is 0 Å². The van der Waals surface area contributed by atoms with Crippen LogP contribution in [0.25, 0.3) is 61.2 Å². The lowest BCUT2D eigenvalue weighted by atomic mass is 10.00. The molecule has 0 atom stereocenters. The van der Waals surface area contributed by atoms with Crippen molar-refractivity contribution in [1.82, 2.24) is 9.55 Å². The first-order chi connectivity index (χ1) is 17.3. The molecule has 0 N–H and O–H groups in total. The number of nitrogens with zero attached hydrogens (tertiary/aromatic N) is 2. The summed E-state index contributed by atoms with van der Waals surface area (Å²) in [6.07, 6.45) is 0. The molecule has 0 saturated carbocycles. The van der Waals surface area contributed by atoms with Gasteiger partial charge < -0.3 is 4.42 Å². The Bertz CT molecular complexity index is 1860. The van der Waals surface area contributed by atoms with Crippen LogP contribution >= 0.6 is 15.9 Å². The number of para-hydroxylation sites is 4. The molecule has 0 unspecified atom stereocenters. The van der Waals surface area contributed by atoms with Crippen molar-refractivity contribution in [2.75, 3.05) is 0 Å². The summed E-state index contributed by atoms with van der Waals surface area (Å²) in [5.41, 5.74) is 8.15. The van der Waals surface area contributed by atoms with Gasteiger partial charge in [-0.05, 0) is 54.1 Å². The molecule has 7 rings (SSSR count). The Kier molecular flexibility index (Phi) is 4.61. The molecule has 0 fully saturated rings. The van der Waals surface area contributed by atoms with E-state index in [0.29, 0.717) is 0 Å². The highest BCUT2D eigenvalue weighted by molar-refractivity contribution is 9.10. The zero-order valence-corrected chi connectivity index (χ0v) is 20.2. The molecule has 0 bridgehead atoms. The monoisotopic (exact) mass is 514 g/mol. The molecule has 2 aromatic heterocycles. The molecule has 35 heavy (non-hydrogen) atoms. The van der Waals surface area contributed by atoms with E-state index in [2.05, 4.69) is 111 Å². The molecule has 3 nitrogen and oxygen atoms in total. The second-order valence-corrected chi connectivity index (χ2v) is 9.52. The number of furan rings is 1. The molecule has 0 aliphatic carbocycles. The molecule has 4 heteroatoms. The van der Waals surface area contributed by atoms with Crippen LogP contribution in [0, 0.1) is 0 Å². The predicted octanol–water partition coefficient (Wildman–Crippen LogP) is 9.02. The van der Waals surface area contributed by atoms with Crippen LogP contribution in [0.15, 0.2) is 124 Å². The van der Waals surface area contributed by atoms with Crippen LogP contribution in [-0.4, -0.2) is 9.55 Å². The molecule has 5 aromatic carbocycles. The number of halogens is 1. The second kappa shape index (κ2) is 7.97. The molecule has 7 aromatic rings. The Hall–Kier alpha value is -4.15. The van der Waals surface area contributed by atoms with Crippen LogP contribution in [-0.2, 0) is 0 Å². The van der Waals surface area contributed by atoms with Crippen LogP contribution in [0.1, 0.15) is 0 Å². The maximum atomic E-state index is 6.34. The highest BCUT2D eigenvalue weighted by atomic mass is 79.9. The Morgan fingerprint density at radius 3 is 2.37 bits per heavy atom.